The van der Waals surface area contributed by atoms with Gasteiger partial charge in [0.15, 0.2) is 0 Å². The van der Waals surface area contributed by atoms with E-state index in [1.807, 2.05) is 0 Å². The molecule has 0 radical (unpaired) electrons. The molecule has 1 N–H and O–H groups in total. The molecule has 160 valence electrons. The van der Waals surface area contributed by atoms with Gasteiger partial charge in [0.1, 0.15) is 11.8 Å². The summed E-state index contributed by atoms with van der Waals surface area (Å²) in [5, 5.41) is 11.4. The number of phenolic OH excluding ortho intramolecular Hbond substituents is 1. The minimum Gasteiger partial charge on any atom is -0.507 e. The molecule has 1 saturated heterocycles. The molecule has 30 heavy (non-hydrogen) atoms. The second-order valence-corrected chi connectivity index (χ2v) is 10.7. The molecule has 0 bridgehead atoms. The van der Waals surface area contributed by atoms with Crippen LogP contribution in [0.25, 0.3) is 0 Å². The number of aromatic hydroxyl groups is 1. The topological polar surface area (TPSA) is 23.5 Å². The molecule has 0 aromatic heterocycles. The van der Waals surface area contributed by atoms with E-state index >= 15 is 0 Å². The van der Waals surface area contributed by atoms with E-state index in [-0.39, 0.29) is 16.9 Å². The van der Waals surface area contributed by atoms with Crippen LogP contribution in [-0.2, 0) is 10.8 Å². The molecule has 0 amide bonds. The van der Waals surface area contributed by atoms with E-state index in [1.54, 1.807) is 0 Å². The molecular formula is C28H37NO. The van der Waals surface area contributed by atoms with Crippen molar-refractivity contribution >= 4 is 0 Å². The molecule has 3 rings (SSSR count). The SMILES string of the molecule is Cc1ccc(C#CC(c2cc(C(C)(C)C)cc(C(C)(C)C)c2O)N2CCCC2)cc1. The van der Waals surface area contributed by atoms with E-state index < -0.39 is 0 Å². The van der Waals surface area contributed by atoms with Crippen LogP contribution >= 0.6 is 0 Å². The van der Waals surface area contributed by atoms with E-state index in [0.717, 1.165) is 29.8 Å². The van der Waals surface area contributed by atoms with Crippen LogP contribution in [0, 0.1) is 18.8 Å². The van der Waals surface area contributed by atoms with Crippen LogP contribution in [0.5, 0.6) is 5.75 Å². The van der Waals surface area contributed by atoms with Gasteiger partial charge < -0.3 is 5.11 Å². The van der Waals surface area contributed by atoms with Crippen LogP contribution in [0.1, 0.15) is 88.2 Å². The van der Waals surface area contributed by atoms with Gasteiger partial charge in [-0.15, -0.1) is 0 Å². The molecule has 2 aromatic carbocycles. The Hall–Kier alpha value is -2.24. The van der Waals surface area contributed by atoms with Crippen LogP contribution in [0.15, 0.2) is 36.4 Å². The van der Waals surface area contributed by atoms with E-state index in [0.29, 0.717) is 5.75 Å². The Kier molecular flexibility index (Phi) is 6.34. The van der Waals surface area contributed by atoms with E-state index in [2.05, 4.69) is 102 Å². The lowest BCUT2D eigenvalue weighted by atomic mass is 9.78. The van der Waals surface area contributed by atoms with E-state index in [1.165, 1.54) is 24.0 Å². The molecule has 2 aromatic rings. The first-order valence-electron chi connectivity index (χ1n) is 11.2. The monoisotopic (exact) mass is 403 g/mol. The fourth-order valence-electron chi connectivity index (χ4n) is 4.02. The van der Waals surface area contributed by atoms with Gasteiger partial charge in [0, 0.05) is 11.1 Å². The average molecular weight is 404 g/mol. The summed E-state index contributed by atoms with van der Waals surface area (Å²) in [6.45, 7) is 17.3. The molecule has 0 spiro atoms. The number of nitrogens with zero attached hydrogens (tertiary/aromatic N) is 1. The van der Waals surface area contributed by atoms with Gasteiger partial charge in [0.05, 0.1) is 0 Å². The molecule has 0 aliphatic carbocycles. The predicted molar refractivity (Wildman–Crippen MR) is 127 cm³/mol. The lowest BCUT2D eigenvalue weighted by molar-refractivity contribution is 0.288. The Balaban J connectivity index is 2.16. The number of benzene rings is 2. The molecule has 1 heterocycles. The van der Waals surface area contributed by atoms with Crippen LogP contribution in [0.4, 0.5) is 0 Å². The zero-order valence-electron chi connectivity index (χ0n) is 19.8. The number of likely N-dealkylation sites (tertiary alicyclic amines) is 1. The molecule has 1 fully saturated rings. The standard InChI is InChI=1S/C28H37NO/c1-20-10-12-21(13-11-20)14-15-25(29-16-8-9-17-29)23-18-22(27(2,3)4)19-24(26(23)30)28(5,6)7/h10-13,18-19,25,30H,8-9,16-17H2,1-7H3. The van der Waals surface area contributed by atoms with Crippen molar-refractivity contribution < 1.29 is 5.11 Å². The zero-order valence-corrected chi connectivity index (χ0v) is 19.8. The van der Waals surface area contributed by atoms with Crippen LogP contribution in [-0.4, -0.2) is 23.1 Å². The van der Waals surface area contributed by atoms with Gasteiger partial charge in [0.25, 0.3) is 0 Å². The normalized spacial score (nSPS) is 16.2. The molecule has 2 nitrogen and oxygen atoms in total. The molecule has 0 saturated carbocycles. The summed E-state index contributed by atoms with van der Waals surface area (Å²) in [6.07, 6.45) is 2.38. The average Bonchev–Trinajstić information content (AvgIpc) is 3.17. The summed E-state index contributed by atoms with van der Waals surface area (Å²) in [5.41, 5.74) is 5.33. The van der Waals surface area contributed by atoms with Crippen molar-refractivity contribution in [1.82, 2.24) is 4.90 Å². The minimum atomic E-state index is -0.139. The van der Waals surface area contributed by atoms with E-state index in [9.17, 15) is 5.11 Å². The first-order chi connectivity index (χ1) is 14.0. The lowest BCUT2D eigenvalue weighted by Gasteiger charge is -2.31. The van der Waals surface area contributed by atoms with Gasteiger partial charge in [-0.1, -0.05) is 77.1 Å². The van der Waals surface area contributed by atoms with Gasteiger partial charge in [-0.05, 0) is 73.0 Å². The fourth-order valence-corrected chi connectivity index (χ4v) is 4.02. The predicted octanol–water partition coefficient (Wildman–Crippen LogP) is 6.48. The van der Waals surface area contributed by atoms with Crippen LogP contribution in [0.3, 0.4) is 0 Å². The van der Waals surface area contributed by atoms with Crippen molar-refractivity contribution in [3.05, 3.63) is 64.2 Å². The number of aryl methyl sites for hydroxylation is 1. The van der Waals surface area contributed by atoms with Crippen molar-refractivity contribution in [2.75, 3.05) is 13.1 Å². The van der Waals surface area contributed by atoms with Gasteiger partial charge in [-0.25, -0.2) is 0 Å². The third-order valence-electron chi connectivity index (χ3n) is 6.02. The number of phenols is 1. The number of hydrogen-bond acceptors (Lipinski definition) is 2. The first kappa shape index (κ1) is 22.4. The van der Waals surface area contributed by atoms with Crippen molar-refractivity contribution in [3.8, 4) is 17.6 Å². The highest BCUT2D eigenvalue weighted by atomic mass is 16.3. The lowest BCUT2D eigenvalue weighted by Crippen LogP contribution is -2.26. The Morgan fingerprint density at radius 2 is 1.50 bits per heavy atom. The van der Waals surface area contributed by atoms with Gasteiger partial charge in [-0.3, -0.25) is 4.90 Å². The smallest absolute Gasteiger partial charge is 0.125 e. The highest BCUT2D eigenvalue weighted by Gasteiger charge is 2.30. The van der Waals surface area contributed by atoms with Crippen molar-refractivity contribution in [3.63, 3.8) is 0 Å². The molecule has 1 unspecified atom stereocenters. The summed E-state index contributed by atoms with van der Waals surface area (Å²) >= 11 is 0. The second-order valence-electron chi connectivity index (χ2n) is 10.7. The van der Waals surface area contributed by atoms with Crippen molar-refractivity contribution in [2.45, 2.75) is 78.2 Å². The highest BCUT2D eigenvalue weighted by molar-refractivity contribution is 5.52. The Bertz CT molecular complexity index is 940. The molecule has 1 aliphatic rings. The summed E-state index contributed by atoms with van der Waals surface area (Å²) in [7, 11) is 0. The maximum absolute atomic E-state index is 11.4. The molecule has 1 aliphatic heterocycles. The number of hydrogen-bond donors (Lipinski definition) is 1. The second kappa shape index (κ2) is 8.48. The zero-order chi connectivity index (χ0) is 22.1. The summed E-state index contributed by atoms with van der Waals surface area (Å²) in [6, 6.07) is 12.6. The fraction of sp³-hybridized carbons (Fsp3) is 0.500. The largest absolute Gasteiger partial charge is 0.507 e. The highest BCUT2D eigenvalue weighted by Crippen LogP contribution is 2.41. The summed E-state index contributed by atoms with van der Waals surface area (Å²) in [5.74, 6) is 7.32. The van der Waals surface area contributed by atoms with Crippen molar-refractivity contribution in [2.24, 2.45) is 0 Å². The quantitative estimate of drug-likeness (QED) is 0.580. The van der Waals surface area contributed by atoms with Crippen molar-refractivity contribution in [1.29, 1.82) is 0 Å². The van der Waals surface area contributed by atoms with E-state index in [4.69, 9.17) is 0 Å². The third kappa shape index (κ3) is 5.08. The minimum absolute atomic E-state index is 0.00238. The number of rotatable bonds is 2. The Morgan fingerprint density at radius 3 is 2.03 bits per heavy atom. The van der Waals surface area contributed by atoms with Gasteiger partial charge >= 0.3 is 0 Å². The summed E-state index contributed by atoms with van der Waals surface area (Å²) in [4.78, 5) is 2.43. The first-order valence-corrected chi connectivity index (χ1v) is 11.2. The maximum atomic E-state index is 11.4. The maximum Gasteiger partial charge on any atom is 0.125 e. The summed E-state index contributed by atoms with van der Waals surface area (Å²) < 4.78 is 0. The Morgan fingerprint density at radius 1 is 0.900 bits per heavy atom. The Labute approximate surface area is 183 Å². The third-order valence-corrected chi connectivity index (χ3v) is 6.02. The molecular weight excluding hydrogens is 366 g/mol. The molecule has 2 heteroatoms. The van der Waals surface area contributed by atoms with Gasteiger partial charge in [-0.2, -0.15) is 0 Å². The van der Waals surface area contributed by atoms with Crippen LogP contribution in [0.2, 0.25) is 0 Å². The van der Waals surface area contributed by atoms with Gasteiger partial charge in [0.2, 0.25) is 0 Å². The van der Waals surface area contributed by atoms with Crippen LogP contribution < -0.4 is 0 Å². The molecule has 1 atom stereocenters.